The lowest BCUT2D eigenvalue weighted by atomic mass is 9.93. The second-order valence-electron chi connectivity index (χ2n) is 6.93. The number of aromatic nitrogens is 1. The molecule has 28 heavy (non-hydrogen) atoms. The van der Waals surface area contributed by atoms with Crippen LogP contribution in [0.1, 0.15) is 23.7 Å². The highest BCUT2D eigenvalue weighted by atomic mass is 35.5. The van der Waals surface area contributed by atoms with E-state index in [0.717, 1.165) is 25.1 Å². The Morgan fingerprint density at radius 3 is 2.75 bits per heavy atom. The monoisotopic (exact) mass is 395 g/mol. The molecule has 1 aliphatic heterocycles. The van der Waals surface area contributed by atoms with Gasteiger partial charge >= 0.3 is 0 Å². The van der Waals surface area contributed by atoms with E-state index in [1.165, 1.54) is 11.1 Å². The largest absolute Gasteiger partial charge is 0.356 e. The quantitative estimate of drug-likeness (QED) is 0.707. The van der Waals surface area contributed by atoms with Gasteiger partial charge < -0.3 is 9.84 Å². The smallest absolute Gasteiger partial charge is 0.238 e. The van der Waals surface area contributed by atoms with Crippen LogP contribution in [-0.2, 0) is 24.3 Å². The van der Waals surface area contributed by atoms with Crippen LogP contribution in [0.25, 0.3) is 11.3 Å². The van der Waals surface area contributed by atoms with E-state index in [0.29, 0.717) is 23.0 Å². The summed E-state index contributed by atoms with van der Waals surface area (Å²) in [6.07, 6.45) is 0.722. The van der Waals surface area contributed by atoms with Crippen molar-refractivity contribution in [3.8, 4) is 11.3 Å². The van der Waals surface area contributed by atoms with Crippen LogP contribution in [0.4, 0.5) is 0 Å². The van der Waals surface area contributed by atoms with Crippen molar-refractivity contribution in [3.05, 3.63) is 76.4 Å². The number of benzene rings is 2. The highest BCUT2D eigenvalue weighted by molar-refractivity contribution is 6.33. The van der Waals surface area contributed by atoms with Crippen LogP contribution in [0.15, 0.2) is 59.1 Å². The van der Waals surface area contributed by atoms with Crippen molar-refractivity contribution in [2.75, 3.05) is 6.54 Å². The SMILES string of the molecule is CCN1Cc2ccccc2CC1C(=O)NCc1cc(-c2ccccc2Cl)on1. The van der Waals surface area contributed by atoms with Crippen LogP contribution in [0.2, 0.25) is 5.02 Å². The minimum Gasteiger partial charge on any atom is -0.356 e. The lowest BCUT2D eigenvalue weighted by Crippen LogP contribution is -2.49. The molecule has 5 nitrogen and oxygen atoms in total. The van der Waals surface area contributed by atoms with Gasteiger partial charge in [-0.15, -0.1) is 0 Å². The summed E-state index contributed by atoms with van der Waals surface area (Å²) in [5.74, 6) is 0.607. The molecule has 0 saturated heterocycles. The summed E-state index contributed by atoms with van der Waals surface area (Å²) < 4.78 is 5.40. The van der Waals surface area contributed by atoms with E-state index < -0.39 is 0 Å². The zero-order valence-electron chi connectivity index (χ0n) is 15.7. The molecule has 1 amide bonds. The third-order valence-corrected chi connectivity index (χ3v) is 5.53. The predicted octanol–water partition coefficient (Wildman–Crippen LogP) is 4.06. The molecule has 144 valence electrons. The van der Waals surface area contributed by atoms with Gasteiger partial charge in [-0.05, 0) is 36.2 Å². The summed E-state index contributed by atoms with van der Waals surface area (Å²) in [5, 5.41) is 7.68. The number of carbonyl (C=O) groups is 1. The third-order valence-electron chi connectivity index (χ3n) is 5.20. The number of halogens is 1. The number of hydrogen-bond acceptors (Lipinski definition) is 4. The normalized spacial score (nSPS) is 16.6. The fourth-order valence-corrected chi connectivity index (χ4v) is 3.88. The summed E-state index contributed by atoms with van der Waals surface area (Å²) in [5.41, 5.74) is 4.00. The van der Waals surface area contributed by atoms with E-state index in [1.54, 1.807) is 6.07 Å². The van der Waals surface area contributed by atoms with Crippen LogP contribution in [-0.4, -0.2) is 28.6 Å². The molecule has 2 heterocycles. The molecule has 0 aliphatic carbocycles. The summed E-state index contributed by atoms with van der Waals surface area (Å²) in [6.45, 7) is 4.03. The van der Waals surface area contributed by atoms with Crippen molar-refractivity contribution in [2.45, 2.75) is 32.5 Å². The van der Waals surface area contributed by atoms with Crippen molar-refractivity contribution in [1.29, 1.82) is 0 Å². The average molecular weight is 396 g/mol. The van der Waals surface area contributed by atoms with Gasteiger partial charge in [0.1, 0.15) is 5.69 Å². The Morgan fingerprint density at radius 2 is 1.96 bits per heavy atom. The number of nitrogens with zero attached hydrogens (tertiary/aromatic N) is 2. The maximum absolute atomic E-state index is 12.8. The predicted molar refractivity (Wildman–Crippen MR) is 109 cm³/mol. The molecule has 0 bridgehead atoms. The van der Waals surface area contributed by atoms with Gasteiger partial charge in [0.15, 0.2) is 5.76 Å². The van der Waals surface area contributed by atoms with Crippen LogP contribution in [0.3, 0.4) is 0 Å². The van der Waals surface area contributed by atoms with Crippen molar-refractivity contribution in [1.82, 2.24) is 15.4 Å². The molecule has 1 aliphatic rings. The minimum absolute atomic E-state index is 0.0126. The molecule has 0 spiro atoms. The Balaban J connectivity index is 1.43. The van der Waals surface area contributed by atoms with Gasteiger partial charge in [0.25, 0.3) is 0 Å². The molecule has 0 saturated carbocycles. The molecule has 1 N–H and O–H groups in total. The molecular weight excluding hydrogens is 374 g/mol. The standard InChI is InChI=1S/C22H22ClN3O2/c1-2-26-14-16-8-4-3-7-15(16)11-20(26)22(27)24-13-17-12-21(28-25-17)18-9-5-6-10-19(18)23/h3-10,12,20H,2,11,13-14H2,1H3,(H,24,27). The third kappa shape index (κ3) is 3.81. The fraction of sp³-hybridized carbons (Fsp3) is 0.273. The lowest BCUT2D eigenvalue weighted by Gasteiger charge is -2.35. The van der Waals surface area contributed by atoms with Gasteiger partial charge in [-0.2, -0.15) is 0 Å². The van der Waals surface area contributed by atoms with Crippen molar-refractivity contribution < 1.29 is 9.32 Å². The van der Waals surface area contributed by atoms with E-state index in [1.807, 2.05) is 36.4 Å². The highest BCUT2D eigenvalue weighted by Gasteiger charge is 2.30. The first kappa shape index (κ1) is 18.7. The zero-order valence-corrected chi connectivity index (χ0v) is 16.4. The zero-order chi connectivity index (χ0) is 19.5. The van der Waals surface area contributed by atoms with Gasteiger partial charge in [-0.3, -0.25) is 9.69 Å². The lowest BCUT2D eigenvalue weighted by molar-refractivity contribution is -0.127. The first-order valence-electron chi connectivity index (χ1n) is 9.44. The van der Waals surface area contributed by atoms with E-state index in [2.05, 4.69) is 34.4 Å². The fourth-order valence-electron chi connectivity index (χ4n) is 3.65. The van der Waals surface area contributed by atoms with Gasteiger partial charge in [0.05, 0.1) is 17.6 Å². The van der Waals surface area contributed by atoms with Gasteiger partial charge in [-0.25, -0.2) is 0 Å². The Hall–Kier alpha value is -2.63. The van der Waals surface area contributed by atoms with Crippen LogP contribution < -0.4 is 5.32 Å². The minimum atomic E-state index is -0.171. The molecule has 6 heteroatoms. The molecule has 4 rings (SSSR count). The topological polar surface area (TPSA) is 58.4 Å². The van der Waals surface area contributed by atoms with Gasteiger partial charge in [0, 0.05) is 18.2 Å². The molecule has 1 atom stereocenters. The summed E-state index contributed by atoms with van der Waals surface area (Å²) in [7, 11) is 0. The summed E-state index contributed by atoms with van der Waals surface area (Å²) in [6, 6.07) is 17.4. The summed E-state index contributed by atoms with van der Waals surface area (Å²) >= 11 is 6.21. The molecule has 3 aromatic rings. The molecule has 0 radical (unpaired) electrons. The average Bonchev–Trinajstić information content (AvgIpc) is 3.20. The van der Waals surface area contributed by atoms with Crippen LogP contribution in [0, 0.1) is 0 Å². The first-order valence-corrected chi connectivity index (χ1v) is 9.82. The number of hydrogen-bond donors (Lipinski definition) is 1. The van der Waals surface area contributed by atoms with E-state index in [-0.39, 0.29) is 11.9 Å². The number of rotatable bonds is 5. The summed E-state index contributed by atoms with van der Waals surface area (Å²) in [4.78, 5) is 15.1. The Labute approximate surface area is 169 Å². The maximum Gasteiger partial charge on any atom is 0.238 e. The Kier molecular flexibility index (Phi) is 5.46. The van der Waals surface area contributed by atoms with E-state index >= 15 is 0 Å². The van der Waals surface area contributed by atoms with Crippen LogP contribution in [0.5, 0.6) is 0 Å². The molecule has 1 unspecified atom stereocenters. The highest BCUT2D eigenvalue weighted by Crippen LogP contribution is 2.28. The van der Waals surface area contributed by atoms with Crippen molar-refractivity contribution in [2.24, 2.45) is 0 Å². The number of amides is 1. The number of fused-ring (bicyclic) bond motifs is 1. The molecule has 0 fully saturated rings. The van der Waals surface area contributed by atoms with Crippen molar-refractivity contribution >= 4 is 17.5 Å². The second kappa shape index (κ2) is 8.17. The molecule has 1 aromatic heterocycles. The first-order chi connectivity index (χ1) is 13.7. The van der Waals surface area contributed by atoms with Gasteiger partial charge in [0.2, 0.25) is 5.91 Å². The maximum atomic E-state index is 12.8. The molecule has 2 aromatic carbocycles. The number of likely N-dealkylation sites (N-methyl/N-ethyl adjacent to an activating group) is 1. The number of carbonyl (C=O) groups excluding carboxylic acids is 1. The van der Waals surface area contributed by atoms with Crippen molar-refractivity contribution in [3.63, 3.8) is 0 Å². The Bertz CT molecular complexity index is 985. The van der Waals surface area contributed by atoms with Gasteiger partial charge in [-0.1, -0.05) is 60.1 Å². The molecular formula is C22H22ClN3O2. The van der Waals surface area contributed by atoms with Crippen LogP contribution >= 0.6 is 11.6 Å². The number of nitrogens with one attached hydrogen (secondary N) is 1. The van der Waals surface area contributed by atoms with E-state index in [9.17, 15) is 4.79 Å². The second-order valence-corrected chi connectivity index (χ2v) is 7.34. The van der Waals surface area contributed by atoms with E-state index in [4.69, 9.17) is 16.1 Å². The Morgan fingerprint density at radius 1 is 1.21 bits per heavy atom.